The van der Waals surface area contributed by atoms with Gasteiger partial charge in [-0.3, -0.25) is 23.5 Å². The minimum atomic E-state index is -0.600. The predicted octanol–water partition coefficient (Wildman–Crippen LogP) is -1.13. The van der Waals surface area contributed by atoms with Crippen LogP contribution >= 0.6 is 0 Å². The van der Waals surface area contributed by atoms with Crippen molar-refractivity contribution in [3.05, 3.63) is 62.9 Å². The van der Waals surface area contributed by atoms with Gasteiger partial charge in [0.1, 0.15) is 6.54 Å². The van der Waals surface area contributed by atoms with Crippen LogP contribution in [0.25, 0.3) is 0 Å². The second-order valence-electron chi connectivity index (χ2n) is 5.26. The lowest BCUT2D eigenvalue weighted by molar-refractivity contribution is -0.116. The summed E-state index contributed by atoms with van der Waals surface area (Å²) in [5.41, 5.74) is 4.91. The van der Waals surface area contributed by atoms with Gasteiger partial charge in [0.2, 0.25) is 5.91 Å². The van der Waals surface area contributed by atoms with Crippen LogP contribution in [0.1, 0.15) is 10.4 Å². The zero-order chi connectivity index (χ0) is 18.4. The van der Waals surface area contributed by atoms with Crippen molar-refractivity contribution >= 4 is 17.5 Å². The summed E-state index contributed by atoms with van der Waals surface area (Å²) in [6.07, 6.45) is 1.25. The lowest BCUT2D eigenvalue weighted by Crippen LogP contribution is -2.39. The van der Waals surface area contributed by atoms with Crippen LogP contribution in [0, 0.1) is 0 Å². The number of para-hydroxylation sites is 1. The first-order valence-corrected chi connectivity index (χ1v) is 7.57. The highest BCUT2D eigenvalue weighted by Crippen LogP contribution is 2.14. The molecule has 0 aliphatic rings. The fourth-order valence-electron chi connectivity index (χ4n) is 2.15. The Morgan fingerprint density at radius 1 is 1.16 bits per heavy atom. The molecule has 2 aromatic rings. The minimum Gasteiger partial charge on any atom is -0.351 e. The number of rotatable bonds is 6. The van der Waals surface area contributed by atoms with Crippen molar-refractivity contribution < 1.29 is 9.59 Å². The maximum absolute atomic E-state index is 12.2. The molecule has 9 heteroatoms. The van der Waals surface area contributed by atoms with Gasteiger partial charge in [-0.1, -0.05) is 12.1 Å². The smallest absolute Gasteiger partial charge is 0.331 e. The Morgan fingerprint density at radius 2 is 1.88 bits per heavy atom. The van der Waals surface area contributed by atoms with Crippen molar-refractivity contribution in [3.8, 4) is 0 Å². The average molecular weight is 345 g/mol. The summed E-state index contributed by atoms with van der Waals surface area (Å²) in [5.74, 6) is -0.861. The zero-order valence-corrected chi connectivity index (χ0v) is 13.7. The second kappa shape index (κ2) is 8.06. The first-order chi connectivity index (χ1) is 11.9. The molecule has 25 heavy (non-hydrogen) atoms. The second-order valence-corrected chi connectivity index (χ2v) is 5.26. The molecule has 0 bridgehead atoms. The summed E-state index contributed by atoms with van der Waals surface area (Å²) in [4.78, 5) is 47.6. The SMILES string of the molecule is Cn1c(=O)ccn(CC(=O)Nc2ccccc2C(=O)NCCN)c1=O. The third-order valence-corrected chi connectivity index (χ3v) is 3.45. The molecule has 1 heterocycles. The molecule has 2 amide bonds. The Bertz CT molecular complexity index is 900. The molecule has 0 aliphatic carbocycles. The summed E-state index contributed by atoms with van der Waals surface area (Å²) < 4.78 is 2.01. The van der Waals surface area contributed by atoms with E-state index in [4.69, 9.17) is 5.73 Å². The maximum atomic E-state index is 12.2. The van der Waals surface area contributed by atoms with E-state index in [1.807, 2.05) is 0 Å². The van der Waals surface area contributed by atoms with Gasteiger partial charge in [0.25, 0.3) is 11.5 Å². The summed E-state index contributed by atoms with van der Waals surface area (Å²) >= 11 is 0. The van der Waals surface area contributed by atoms with Gasteiger partial charge in [-0.05, 0) is 12.1 Å². The Hall–Kier alpha value is -3.20. The highest BCUT2D eigenvalue weighted by molar-refractivity contribution is 6.03. The van der Waals surface area contributed by atoms with Crippen LogP contribution in [0.3, 0.4) is 0 Å². The largest absolute Gasteiger partial charge is 0.351 e. The lowest BCUT2D eigenvalue weighted by atomic mass is 10.1. The number of benzene rings is 1. The molecule has 0 atom stereocenters. The van der Waals surface area contributed by atoms with E-state index >= 15 is 0 Å². The average Bonchev–Trinajstić information content (AvgIpc) is 2.60. The van der Waals surface area contributed by atoms with E-state index in [-0.39, 0.29) is 18.0 Å². The number of hydrogen-bond acceptors (Lipinski definition) is 5. The van der Waals surface area contributed by atoms with Gasteiger partial charge >= 0.3 is 5.69 Å². The number of anilines is 1. The summed E-state index contributed by atoms with van der Waals surface area (Å²) in [7, 11) is 1.33. The number of amides is 2. The van der Waals surface area contributed by atoms with Crippen LogP contribution < -0.4 is 27.6 Å². The molecule has 0 saturated carbocycles. The van der Waals surface area contributed by atoms with Crippen molar-refractivity contribution in [1.29, 1.82) is 0 Å². The van der Waals surface area contributed by atoms with Gasteiger partial charge in [0.15, 0.2) is 0 Å². The van der Waals surface area contributed by atoms with Crippen LogP contribution in [0.2, 0.25) is 0 Å². The molecule has 0 spiro atoms. The summed E-state index contributed by atoms with van der Waals surface area (Å²) in [5, 5.41) is 5.23. The van der Waals surface area contributed by atoms with Gasteiger partial charge in [-0.15, -0.1) is 0 Å². The monoisotopic (exact) mass is 345 g/mol. The van der Waals surface area contributed by atoms with E-state index in [1.54, 1.807) is 24.3 Å². The molecule has 132 valence electrons. The zero-order valence-electron chi connectivity index (χ0n) is 13.7. The molecule has 0 saturated heterocycles. The Morgan fingerprint density at radius 3 is 2.60 bits per heavy atom. The molecular formula is C16H19N5O4. The number of carbonyl (C=O) groups excluding carboxylic acids is 2. The topological polar surface area (TPSA) is 128 Å². The fraction of sp³-hybridized carbons (Fsp3) is 0.250. The summed E-state index contributed by atoms with van der Waals surface area (Å²) in [6, 6.07) is 7.69. The molecule has 1 aromatic carbocycles. The molecule has 9 nitrogen and oxygen atoms in total. The number of carbonyl (C=O) groups is 2. The number of nitrogens with zero attached hydrogens (tertiary/aromatic N) is 2. The van der Waals surface area contributed by atoms with Crippen LogP contribution in [0.15, 0.2) is 46.1 Å². The molecular weight excluding hydrogens is 326 g/mol. The highest BCUT2D eigenvalue weighted by Gasteiger charge is 2.13. The molecule has 1 aromatic heterocycles. The van der Waals surface area contributed by atoms with Crippen molar-refractivity contribution in [2.24, 2.45) is 12.8 Å². The van der Waals surface area contributed by atoms with Crippen LogP contribution in [-0.4, -0.2) is 34.0 Å². The van der Waals surface area contributed by atoms with Crippen LogP contribution in [-0.2, 0) is 18.4 Å². The normalized spacial score (nSPS) is 10.3. The predicted molar refractivity (Wildman–Crippen MR) is 92.4 cm³/mol. The lowest BCUT2D eigenvalue weighted by Gasteiger charge is -2.12. The molecule has 0 unspecified atom stereocenters. The van der Waals surface area contributed by atoms with Crippen molar-refractivity contribution in [2.45, 2.75) is 6.54 Å². The highest BCUT2D eigenvalue weighted by atomic mass is 16.2. The van der Waals surface area contributed by atoms with Crippen molar-refractivity contribution in [3.63, 3.8) is 0 Å². The van der Waals surface area contributed by atoms with E-state index in [1.165, 1.54) is 19.3 Å². The van der Waals surface area contributed by atoms with E-state index < -0.39 is 17.2 Å². The fourth-order valence-corrected chi connectivity index (χ4v) is 2.15. The van der Waals surface area contributed by atoms with Crippen LogP contribution in [0.4, 0.5) is 5.69 Å². The Kier molecular flexibility index (Phi) is 5.85. The number of aromatic nitrogens is 2. The molecule has 4 N–H and O–H groups in total. The van der Waals surface area contributed by atoms with Gasteiger partial charge in [-0.2, -0.15) is 0 Å². The first kappa shape index (κ1) is 18.1. The van der Waals surface area contributed by atoms with Gasteiger partial charge in [0.05, 0.1) is 11.3 Å². The maximum Gasteiger partial charge on any atom is 0.331 e. The van der Waals surface area contributed by atoms with E-state index in [9.17, 15) is 19.2 Å². The molecule has 0 fully saturated rings. The Labute approximate surface area is 143 Å². The molecule has 0 aliphatic heterocycles. The molecule has 0 radical (unpaired) electrons. The van der Waals surface area contributed by atoms with E-state index in [0.717, 1.165) is 9.13 Å². The number of nitrogens with one attached hydrogen (secondary N) is 2. The number of hydrogen-bond donors (Lipinski definition) is 3. The standard InChI is InChI=1S/C16H19N5O4/c1-20-14(23)6-9-21(16(20)25)10-13(22)19-12-5-3-2-4-11(12)15(24)18-8-7-17/h2-6,9H,7-8,10,17H2,1H3,(H,18,24)(H,19,22). The Balaban J connectivity index is 2.16. The van der Waals surface area contributed by atoms with E-state index in [0.29, 0.717) is 18.8 Å². The third-order valence-electron chi connectivity index (χ3n) is 3.45. The quantitative estimate of drug-likeness (QED) is 0.610. The van der Waals surface area contributed by atoms with Gasteiger partial charge in [0, 0.05) is 32.4 Å². The first-order valence-electron chi connectivity index (χ1n) is 7.57. The van der Waals surface area contributed by atoms with Gasteiger partial charge < -0.3 is 16.4 Å². The minimum absolute atomic E-state index is 0.286. The third kappa shape index (κ3) is 4.42. The van der Waals surface area contributed by atoms with Crippen LogP contribution in [0.5, 0.6) is 0 Å². The van der Waals surface area contributed by atoms with E-state index in [2.05, 4.69) is 10.6 Å². The number of nitrogens with two attached hydrogens (primary N) is 1. The molecule has 2 rings (SSSR count). The summed E-state index contributed by atoms with van der Waals surface area (Å²) in [6.45, 7) is 0.330. The van der Waals surface area contributed by atoms with Crippen molar-refractivity contribution in [2.75, 3.05) is 18.4 Å². The van der Waals surface area contributed by atoms with Gasteiger partial charge in [-0.25, -0.2) is 4.79 Å². The van der Waals surface area contributed by atoms with Crippen molar-refractivity contribution in [1.82, 2.24) is 14.5 Å².